The zero-order valence-corrected chi connectivity index (χ0v) is 14.3. The van der Waals surface area contributed by atoms with Gasteiger partial charge in [0.05, 0.1) is 11.4 Å². The first kappa shape index (κ1) is 15.1. The molecule has 118 valence electrons. The fraction of sp³-hybridized carbons (Fsp3) is 0.500. The molecule has 3 heterocycles. The van der Waals surface area contributed by atoms with Gasteiger partial charge in [-0.25, -0.2) is 14.8 Å². The van der Waals surface area contributed by atoms with Crippen molar-refractivity contribution in [2.45, 2.75) is 32.4 Å². The van der Waals surface area contributed by atoms with Gasteiger partial charge in [-0.3, -0.25) is 0 Å². The van der Waals surface area contributed by atoms with Crippen molar-refractivity contribution in [3.8, 4) is 0 Å². The Bertz CT molecular complexity index is 731. The fourth-order valence-corrected chi connectivity index (χ4v) is 3.05. The van der Waals surface area contributed by atoms with Crippen molar-refractivity contribution in [3.05, 3.63) is 17.0 Å². The predicted molar refractivity (Wildman–Crippen MR) is 86.5 cm³/mol. The van der Waals surface area contributed by atoms with Crippen LogP contribution in [0.4, 0.5) is 10.6 Å². The first-order chi connectivity index (χ1) is 10.3. The molecule has 2 aromatic heterocycles. The lowest BCUT2D eigenvalue weighted by atomic mass is 10.1. The molecular formula is C14H18BrN5O2. The number of anilines is 1. The Labute approximate surface area is 136 Å². The van der Waals surface area contributed by atoms with E-state index in [2.05, 4.69) is 25.9 Å². The highest BCUT2D eigenvalue weighted by molar-refractivity contribution is 9.10. The zero-order chi connectivity index (χ0) is 16.1. The smallest absolute Gasteiger partial charge is 0.410 e. The third-order valence-electron chi connectivity index (χ3n) is 3.50. The van der Waals surface area contributed by atoms with Crippen LogP contribution in [0.1, 0.15) is 26.8 Å². The summed E-state index contributed by atoms with van der Waals surface area (Å²) in [6, 6.07) is 0.163. The van der Waals surface area contributed by atoms with Crippen molar-refractivity contribution >= 4 is 38.9 Å². The summed E-state index contributed by atoms with van der Waals surface area (Å²) >= 11 is 3.49. The number of carbonyl (C=O) groups is 1. The second kappa shape index (κ2) is 5.12. The van der Waals surface area contributed by atoms with Crippen molar-refractivity contribution in [1.82, 2.24) is 19.4 Å². The van der Waals surface area contributed by atoms with E-state index in [4.69, 9.17) is 10.5 Å². The van der Waals surface area contributed by atoms with E-state index < -0.39 is 5.60 Å². The number of hydrogen-bond acceptors (Lipinski definition) is 5. The number of ether oxygens (including phenoxy) is 1. The quantitative estimate of drug-likeness (QED) is 0.836. The molecule has 0 spiro atoms. The van der Waals surface area contributed by atoms with Crippen molar-refractivity contribution in [3.63, 3.8) is 0 Å². The Morgan fingerprint density at radius 3 is 2.73 bits per heavy atom. The summed E-state index contributed by atoms with van der Waals surface area (Å²) in [7, 11) is 0. The second-order valence-electron chi connectivity index (χ2n) is 6.38. The van der Waals surface area contributed by atoms with Crippen LogP contribution in [-0.4, -0.2) is 44.2 Å². The van der Waals surface area contributed by atoms with Gasteiger partial charge in [0.2, 0.25) is 0 Å². The van der Waals surface area contributed by atoms with E-state index in [1.807, 2.05) is 31.5 Å². The first-order valence-electron chi connectivity index (χ1n) is 7.00. The van der Waals surface area contributed by atoms with E-state index in [9.17, 15) is 4.79 Å². The Morgan fingerprint density at radius 1 is 1.41 bits per heavy atom. The number of nitrogens with two attached hydrogens (primary N) is 1. The van der Waals surface area contributed by atoms with Crippen LogP contribution >= 0.6 is 15.9 Å². The van der Waals surface area contributed by atoms with Crippen molar-refractivity contribution in [2.24, 2.45) is 0 Å². The molecule has 1 amide bonds. The van der Waals surface area contributed by atoms with Gasteiger partial charge in [0.25, 0.3) is 0 Å². The van der Waals surface area contributed by atoms with Crippen LogP contribution in [0.5, 0.6) is 0 Å². The number of likely N-dealkylation sites (tertiary alicyclic amines) is 1. The van der Waals surface area contributed by atoms with Gasteiger partial charge in [-0.2, -0.15) is 0 Å². The van der Waals surface area contributed by atoms with Gasteiger partial charge in [-0.15, -0.1) is 0 Å². The Morgan fingerprint density at radius 2 is 2.09 bits per heavy atom. The average Bonchev–Trinajstić information content (AvgIpc) is 2.64. The standard InChI is InChI=1S/C14H18BrN5O2/c1-14(2,3)22-13(21)19-4-8(5-19)20-6-9(15)10-11(16)17-7-18-12(10)20/h6-8H,4-5H2,1-3H3,(H2,16,17,18). The number of rotatable bonds is 1. The van der Waals surface area contributed by atoms with Crippen molar-refractivity contribution < 1.29 is 9.53 Å². The van der Waals surface area contributed by atoms with Gasteiger partial charge in [0, 0.05) is 23.8 Å². The molecule has 3 rings (SSSR count). The van der Waals surface area contributed by atoms with E-state index >= 15 is 0 Å². The molecule has 8 heteroatoms. The Hall–Kier alpha value is -1.83. The minimum atomic E-state index is -0.479. The monoisotopic (exact) mass is 367 g/mol. The maximum atomic E-state index is 12.0. The lowest BCUT2D eigenvalue weighted by molar-refractivity contribution is 0.00150. The van der Waals surface area contributed by atoms with Gasteiger partial charge < -0.3 is 19.9 Å². The summed E-state index contributed by atoms with van der Waals surface area (Å²) in [5.74, 6) is 0.443. The third kappa shape index (κ3) is 2.63. The van der Waals surface area contributed by atoms with Gasteiger partial charge in [0.15, 0.2) is 0 Å². The number of nitrogen functional groups attached to an aromatic ring is 1. The van der Waals surface area contributed by atoms with Gasteiger partial charge in [-0.1, -0.05) is 0 Å². The van der Waals surface area contributed by atoms with Gasteiger partial charge in [-0.05, 0) is 36.7 Å². The predicted octanol–water partition coefficient (Wildman–Crippen LogP) is 2.57. The molecule has 0 radical (unpaired) electrons. The molecule has 1 fully saturated rings. The van der Waals surface area contributed by atoms with Crippen molar-refractivity contribution in [2.75, 3.05) is 18.8 Å². The molecular weight excluding hydrogens is 350 g/mol. The summed E-state index contributed by atoms with van der Waals surface area (Å²) in [6.07, 6.45) is 3.10. The second-order valence-corrected chi connectivity index (χ2v) is 7.24. The summed E-state index contributed by atoms with van der Waals surface area (Å²) in [5, 5.41) is 0.804. The molecule has 2 aromatic rings. The van der Waals surface area contributed by atoms with E-state index in [1.165, 1.54) is 6.33 Å². The van der Waals surface area contributed by atoms with Crippen LogP contribution < -0.4 is 5.73 Å². The summed E-state index contributed by atoms with van der Waals surface area (Å²) in [4.78, 5) is 22.0. The number of carbonyl (C=O) groups excluding carboxylic acids is 1. The van der Waals surface area contributed by atoms with E-state index in [0.29, 0.717) is 18.9 Å². The topological polar surface area (TPSA) is 86.3 Å². The summed E-state index contributed by atoms with van der Waals surface area (Å²) in [6.45, 7) is 6.76. The van der Waals surface area contributed by atoms with Crippen LogP contribution in [0.25, 0.3) is 11.0 Å². The Balaban J connectivity index is 1.76. The molecule has 2 N–H and O–H groups in total. The molecule has 0 bridgehead atoms. The zero-order valence-electron chi connectivity index (χ0n) is 12.7. The highest BCUT2D eigenvalue weighted by Gasteiger charge is 2.35. The summed E-state index contributed by atoms with van der Waals surface area (Å²) in [5.41, 5.74) is 6.19. The van der Waals surface area contributed by atoms with Crippen LogP contribution in [0, 0.1) is 0 Å². The minimum Gasteiger partial charge on any atom is -0.444 e. The van der Waals surface area contributed by atoms with Crippen molar-refractivity contribution in [1.29, 1.82) is 0 Å². The fourth-order valence-electron chi connectivity index (χ4n) is 2.45. The molecule has 7 nitrogen and oxygen atoms in total. The lowest BCUT2D eigenvalue weighted by Gasteiger charge is -2.40. The Kier molecular flexibility index (Phi) is 3.51. The van der Waals surface area contributed by atoms with E-state index in [-0.39, 0.29) is 12.1 Å². The first-order valence-corrected chi connectivity index (χ1v) is 7.80. The maximum Gasteiger partial charge on any atom is 0.410 e. The van der Waals surface area contributed by atoms with Crippen LogP contribution in [0.2, 0.25) is 0 Å². The number of aromatic nitrogens is 3. The molecule has 0 saturated carbocycles. The normalized spacial score (nSPS) is 15.9. The average molecular weight is 368 g/mol. The summed E-state index contributed by atoms with van der Waals surface area (Å²) < 4.78 is 8.24. The molecule has 0 atom stereocenters. The highest BCUT2D eigenvalue weighted by Crippen LogP contribution is 2.33. The molecule has 22 heavy (non-hydrogen) atoms. The molecule has 1 aliphatic heterocycles. The number of amides is 1. The van der Waals surface area contributed by atoms with Gasteiger partial charge in [0.1, 0.15) is 23.4 Å². The lowest BCUT2D eigenvalue weighted by Crippen LogP contribution is -2.52. The molecule has 0 aliphatic carbocycles. The molecule has 0 aromatic carbocycles. The van der Waals surface area contributed by atoms with Crippen LogP contribution in [0.3, 0.4) is 0 Å². The van der Waals surface area contributed by atoms with Crippen LogP contribution in [0.15, 0.2) is 17.0 Å². The third-order valence-corrected chi connectivity index (χ3v) is 4.10. The van der Waals surface area contributed by atoms with E-state index in [1.54, 1.807) is 4.90 Å². The largest absolute Gasteiger partial charge is 0.444 e. The van der Waals surface area contributed by atoms with Gasteiger partial charge >= 0.3 is 6.09 Å². The number of fused-ring (bicyclic) bond motifs is 1. The maximum absolute atomic E-state index is 12.0. The van der Waals surface area contributed by atoms with Crippen LogP contribution in [-0.2, 0) is 4.74 Å². The molecule has 0 unspecified atom stereocenters. The number of halogens is 1. The number of hydrogen-bond donors (Lipinski definition) is 1. The molecule has 1 aliphatic rings. The SMILES string of the molecule is CC(C)(C)OC(=O)N1CC(n2cc(Br)c3c(N)ncnc32)C1. The highest BCUT2D eigenvalue weighted by atomic mass is 79.9. The molecule has 1 saturated heterocycles. The number of nitrogens with zero attached hydrogens (tertiary/aromatic N) is 4. The van der Waals surface area contributed by atoms with E-state index in [0.717, 1.165) is 15.5 Å². The minimum absolute atomic E-state index is 0.163.